The Kier molecular flexibility index (Phi) is 1.87. The fraction of sp³-hybridized carbons (Fsp3) is 0.222. The second-order valence-electron chi connectivity index (χ2n) is 3.00. The van der Waals surface area contributed by atoms with Crippen LogP contribution in [0.2, 0.25) is 0 Å². The van der Waals surface area contributed by atoms with Crippen LogP contribution in [0, 0.1) is 11.6 Å². The summed E-state index contributed by atoms with van der Waals surface area (Å²) in [5.74, 6) is -3.61. The number of benzene rings is 1. The fourth-order valence-electron chi connectivity index (χ4n) is 1.38. The van der Waals surface area contributed by atoms with Crippen LogP contribution in [-0.2, 0) is 11.2 Å². The summed E-state index contributed by atoms with van der Waals surface area (Å²) in [6.07, 6.45) is -1.04. The monoisotopic (exact) mass is 200 g/mol. The van der Waals surface area contributed by atoms with Gasteiger partial charge in [0, 0.05) is 12.0 Å². The van der Waals surface area contributed by atoms with E-state index in [4.69, 9.17) is 9.84 Å². The molecule has 2 rings (SSSR count). The second kappa shape index (κ2) is 2.94. The zero-order valence-corrected chi connectivity index (χ0v) is 6.96. The van der Waals surface area contributed by atoms with Gasteiger partial charge in [0.15, 0.2) is 17.7 Å². The minimum atomic E-state index is -1.18. The first-order valence-electron chi connectivity index (χ1n) is 3.96. The molecule has 0 aliphatic carbocycles. The van der Waals surface area contributed by atoms with Crippen LogP contribution in [-0.4, -0.2) is 17.2 Å². The van der Waals surface area contributed by atoms with E-state index in [0.717, 1.165) is 6.07 Å². The summed E-state index contributed by atoms with van der Waals surface area (Å²) in [6, 6.07) is 2.29. The van der Waals surface area contributed by atoms with E-state index in [2.05, 4.69) is 0 Å². The Morgan fingerprint density at radius 3 is 2.86 bits per heavy atom. The van der Waals surface area contributed by atoms with Gasteiger partial charge in [0.05, 0.1) is 0 Å². The minimum Gasteiger partial charge on any atom is -0.478 e. The maximum Gasteiger partial charge on any atom is 0.345 e. The van der Waals surface area contributed by atoms with Crippen molar-refractivity contribution >= 4 is 5.97 Å². The van der Waals surface area contributed by atoms with E-state index in [1.807, 2.05) is 0 Å². The SMILES string of the molecule is O=C(O)C1Cc2ccc(F)c(F)c2O1. The molecule has 0 saturated carbocycles. The molecule has 0 radical (unpaired) electrons. The quantitative estimate of drug-likeness (QED) is 0.744. The fourth-order valence-corrected chi connectivity index (χ4v) is 1.38. The Labute approximate surface area is 77.9 Å². The summed E-state index contributed by atoms with van der Waals surface area (Å²) in [5, 5.41) is 8.60. The first-order chi connectivity index (χ1) is 6.59. The van der Waals surface area contributed by atoms with Crippen LogP contribution < -0.4 is 4.74 Å². The topological polar surface area (TPSA) is 46.5 Å². The van der Waals surface area contributed by atoms with Crippen molar-refractivity contribution in [1.82, 2.24) is 0 Å². The zero-order chi connectivity index (χ0) is 10.3. The van der Waals surface area contributed by atoms with Gasteiger partial charge >= 0.3 is 5.97 Å². The van der Waals surface area contributed by atoms with Crippen LogP contribution in [0.1, 0.15) is 5.56 Å². The van der Waals surface area contributed by atoms with Gasteiger partial charge in [0.2, 0.25) is 5.82 Å². The Bertz CT molecular complexity index is 403. The lowest BCUT2D eigenvalue weighted by Gasteiger charge is -2.04. The lowest BCUT2D eigenvalue weighted by molar-refractivity contribution is -0.144. The predicted octanol–water partition coefficient (Wildman–Crippen LogP) is 1.35. The summed E-state index contributed by atoms with van der Waals surface area (Å²) < 4.78 is 30.5. The largest absolute Gasteiger partial charge is 0.478 e. The van der Waals surface area contributed by atoms with Gasteiger partial charge < -0.3 is 9.84 Å². The van der Waals surface area contributed by atoms with E-state index in [9.17, 15) is 13.6 Å². The Morgan fingerprint density at radius 1 is 1.50 bits per heavy atom. The van der Waals surface area contributed by atoms with E-state index in [1.165, 1.54) is 6.07 Å². The van der Waals surface area contributed by atoms with Crippen molar-refractivity contribution in [2.75, 3.05) is 0 Å². The number of carboxylic acid groups (broad SMARTS) is 1. The van der Waals surface area contributed by atoms with Crippen LogP contribution in [0.25, 0.3) is 0 Å². The van der Waals surface area contributed by atoms with Gasteiger partial charge in [-0.2, -0.15) is 4.39 Å². The molecule has 1 unspecified atom stereocenters. The summed E-state index contributed by atoms with van der Waals surface area (Å²) in [7, 11) is 0. The number of aliphatic carboxylic acids is 1. The summed E-state index contributed by atoms with van der Waals surface area (Å²) >= 11 is 0. The average molecular weight is 200 g/mol. The van der Waals surface area contributed by atoms with E-state index in [0.29, 0.717) is 5.56 Å². The van der Waals surface area contributed by atoms with E-state index in [1.54, 1.807) is 0 Å². The molecule has 0 fully saturated rings. The van der Waals surface area contributed by atoms with Crippen LogP contribution in [0.15, 0.2) is 12.1 Å². The maximum atomic E-state index is 13.0. The average Bonchev–Trinajstić information content (AvgIpc) is 2.56. The summed E-state index contributed by atoms with van der Waals surface area (Å²) in [6.45, 7) is 0. The molecular weight excluding hydrogens is 194 g/mol. The lowest BCUT2D eigenvalue weighted by atomic mass is 10.1. The van der Waals surface area contributed by atoms with Gasteiger partial charge in [-0.25, -0.2) is 9.18 Å². The zero-order valence-electron chi connectivity index (χ0n) is 6.96. The van der Waals surface area contributed by atoms with Gasteiger partial charge in [-0.1, -0.05) is 6.07 Å². The minimum absolute atomic E-state index is 0.0713. The first-order valence-corrected chi connectivity index (χ1v) is 3.96. The lowest BCUT2D eigenvalue weighted by Crippen LogP contribution is -2.24. The molecule has 1 aliphatic heterocycles. The van der Waals surface area contributed by atoms with Crippen LogP contribution in [0.5, 0.6) is 5.75 Å². The molecule has 1 atom stereocenters. The molecule has 1 aromatic rings. The first kappa shape index (κ1) is 8.93. The molecule has 5 heteroatoms. The number of carboxylic acids is 1. The van der Waals surface area contributed by atoms with E-state index in [-0.39, 0.29) is 12.2 Å². The predicted molar refractivity (Wildman–Crippen MR) is 42.1 cm³/mol. The molecule has 1 heterocycles. The third-order valence-electron chi connectivity index (χ3n) is 2.07. The van der Waals surface area contributed by atoms with Crippen molar-refractivity contribution < 1.29 is 23.4 Å². The smallest absolute Gasteiger partial charge is 0.345 e. The van der Waals surface area contributed by atoms with E-state index >= 15 is 0 Å². The van der Waals surface area contributed by atoms with Crippen LogP contribution >= 0.6 is 0 Å². The highest BCUT2D eigenvalue weighted by atomic mass is 19.2. The molecule has 1 N–H and O–H groups in total. The maximum absolute atomic E-state index is 13.0. The Hall–Kier alpha value is -1.65. The second-order valence-corrected chi connectivity index (χ2v) is 3.00. The molecule has 0 amide bonds. The van der Waals surface area contributed by atoms with Gasteiger partial charge in [0.1, 0.15) is 0 Å². The number of ether oxygens (including phenoxy) is 1. The van der Waals surface area contributed by atoms with Crippen molar-refractivity contribution in [1.29, 1.82) is 0 Å². The van der Waals surface area contributed by atoms with E-state index < -0.39 is 23.7 Å². The number of hydrogen-bond donors (Lipinski definition) is 1. The third-order valence-corrected chi connectivity index (χ3v) is 2.07. The number of rotatable bonds is 1. The molecule has 3 nitrogen and oxygen atoms in total. The van der Waals surface area contributed by atoms with Crippen molar-refractivity contribution in [3.63, 3.8) is 0 Å². The molecule has 0 aromatic heterocycles. The molecular formula is C9H6F2O3. The number of fused-ring (bicyclic) bond motifs is 1. The molecule has 14 heavy (non-hydrogen) atoms. The molecule has 1 aromatic carbocycles. The molecule has 1 aliphatic rings. The molecule has 0 saturated heterocycles. The highest BCUT2D eigenvalue weighted by Gasteiger charge is 2.32. The number of carbonyl (C=O) groups is 1. The Morgan fingerprint density at radius 2 is 2.21 bits per heavy atom. The van der Waals surface area contributed by atoms with Crippen molar-refractivity contribution in [3.8, 4) is 5.75 Å². The number of halogens is 2. The van der Waals surface area contributed by atoms with Crippen LogP contribution in [0.3, 0.4) is 0 Å². The van der Waals surface area contributed by atoms with Crippen LogP contribution in [0.4, 0.5) is 8.78 Å². The highest BCUT2D eigenvalue weighted by Crippen LogP contribution is 2.32. The molecule has 0 bridgehead atoms. The van der Waals surface area contributed by atoms with Gasteiger partial charge in [0.25, 0.3) is 0 Å². The standard InChI is InChI=1S/C9H6F2O3/c10-5-2-1-4-3-6(9(12)13)14-8(4)7(5)11/h1-2,6H,3H2,(H,12,13). The normalized spacial score (nSPS) is 18.9. The van der Waals surface area contributed by atoms with Crippen molar-refractivity contribution in [2.45, 2.75) is 12.5 Å². The summed E-state index contributed by atoms with van der Waals surface area (Å²) in [4.78, 5) is 10.5. The molecule has 74 valence electrons. The van der Waals surface area contributed by atoms with Crippen molar-refractivity contribution in [3.05, 3.63) is 29.3 Å². The van der Waals surface area contributed by atoms with Gasteiger partial charge in [-0.05, 0) is 6.07 Å². The Balaban J connectivity index is 2.40. The highest BCUT2D eigenvalue weighted by molar-refractivity contribution is 5.74. The molecule has 0 spiro atoms. The van der Waals surface area contributed by atoms with Crippen molar-refractivity contribution in [2.24, 2.45) is 0 Å². The van der Waals surface area contributed by atoms with Gasteiger partial charge in [-0.3, -0.25) is 0 Å². The third kappa shape index (κ3) is 1.21. The number of hydrogen-bond acceptors (Lipinski definition) is 2. The summed E-state index contributed by atoms with van der Waals surface area (Å²) in [5.41, 5.74) is 0.385. The van der Waals surface area contributed by atoms with Gasteiger partial charge in [-0.15, -0.1) is 0 Å².